The Morgan fingerprint density at radius 2 is 1.97 bits per heavy atom. The summed E-state index contributed by atoms with van der Waals surface area (Å²) in [6.07, 6.45) is 2.08. The molecule has 1 saturated heterocycles. The molecule has 2 aromatic carbocycles. The number of aryl methyl sites for hydroxylation is 1. The van der Waals surface area contributed by atoms with E-state index in [-0.39, 0.29) is 23.3 Å². The Balaban J connectivity index is 1.55. The van der Waals surface area contributed by atoms with Gasteiger partial charge in [-0.25, -0.2) is 12.8 Å². The van der Waals surface area contributed by atoms with Gasteiger partial charge >= 0.3 is 0 Å². The molecule has 0 aromatic heterocycles. The van der Waals surface area contributed by atoms with Crippen LogP contribution < -0.4 is 10.2 Å². The molecule has 2 heterocycles. The Kier molecular flexibility index (Phi) is 7.12. The lowest BCUT2D eigenvalue weighted by molar-refractivity contribution is -0.121. The van der Waals surface area contributed by atoms with Crippen LogP contribution in [0.3, 0.4) is 0 Å². The molecule has 10 heteroatoms. The van der Waals surface area contributed by atoms with Crippen molar-refractivity contribution in [2.75, 3.05) is 29.9 Å². The summed E-state index contributed by atoms with van der Waals surface area (Å²) in [5.74, 6) is -1.36. The SMILES string of the molecule is CCC(=O)N1CCc2cc(Br)c(S(=O)(=O)N3CCCC(C(=O)Nc4ccc(C)c(F)c4)C3)cc21. The first-order valence-corrected chi connectivity index (χ1v) is 13.5. The highest BCUT2D eigenvalue weighted by molar-refractivity contribution is 9.10. The van der Waals surface area contributed by atoms with Crippen LogP contribution >= 0.6 is 15.9 Å². The zero-order chi connectivity index (χ0) is 24.6. The molecule has 0 saturated carbocycles. The average molecular weight is 552 g/mol. The summed E-state index contributed by atoms with van der Waals surface area (Å²) in [5.41, 5.74) is 2.37. The Hall–Kier alpha value is -2.30. The molecule has 2 aliphatic heterocycles. The smallest absolute Gasteiger partial charge is 0.244 e. The highest BCUT2D eigenvalue weighted by atomic mass is 79.9. The molecule has 1 N–H and O–H groups in total. The van der Waals surface area contributed by atoms with Crippen molar-refractivity contribution >= 4 is 49.1 Å². The Morgan fingerprint density at radius 3 is 2.68 bits per heavy atom. The van der Waals surface area contributed by atoms with Crippen LogP contribution in [0.25, 0.3) is 0 Å². The van der Waals surface area contributed by atoms with Crippen LogP contribution in [0.5, 0.6) is 0 Å². The molecule has 2 amide bonds. The summed E-state index contributed by atoms with van der Waals surface area (Å²) >= 11 is 3.40. The molecule has 1 atom stereocenters. The van der Waals surface area contributed by atoms with E-state index in [2.05, 4.69) is 21.2 Å². The predicted octanol–water partition coefficient (Wildman–Crippen LogP) is 4.24. The van der Waals surface area contributed by atoms with E-state index in [0.717, 1.165) is 5.56 Å². The number of benzene rings is 2. The van der Waals surface area contributed by atoms with Gasteiger partial charge in [0.2, 0.25) is 21.8 Å². The maximum atomic E-state index is 13.8. The number of halogens is 2. The maximum Gasteiger partial charge on any atom is 0.244 e. The summed E-state index contributed by atoms with van der Waals surface area (Å²) < 4.78 is 42.8. The molecule has 1 fully saturated rings. The number of anilines is 2. The van der Waals surface area contributed by atoms with Crippen LogP contribution in [0.2, 0.25) is 0 Å². The van der Waals surface area contributed by atoms with Gasteiger partial charge in [0, 0.05) is 41.9 Å². The Bertz CT molecular complexity index is 1250. The lowest BCUT2D eigenvalue weighted by Crippen LogP contribution is -2.43. The van der Waals surface area contributed by atoms with E-state index < -0.39 is 21.8 Å². The normalized spacial score (nSPS) is 18.6. The Morgan fingerprint density at radius 1 is 1.21 bits per heavy atom. The summed E-state index contributed by atoms with van der Waals surface area (Å²) in [5, 5.41) is 2.71. The predicted molar refractivity (Wildman–Crippen MR) is 132 cm³/mol. The van der Waals surface area contributed by atoms with Gasteiger partial charge in [-0.3, -0.25) is 9.59 Å². The van der Waals surface area contributed by atoms with Gasteiger partial charge in [-0.15, -0.1) is 0 Å². The van der Waals surface area contributed by atoms with E-state index in [4.69, 9.17) is 0 Å². The number of amides is 2. The fourth-order valence-electron chi connectivity index (χ4n) is 4.46. The van der Waals surface area contributed by atoms with Gasteiger partial charge in [0.1, 0.15) is 5.82 Å². The van der Waals surface area contributed by atoms with Crippen molar-refractivity contribution in [2.24, 2.45) is 5.92 Å². The first-order valence-electron chi connectivity index (χ1n) is 11.3. The highest BCUT2D eigenvalue weighted by Gasteiger charge is 2.36. The quantitative estimate of drug-likeness (QED) is 0.602. The molecule has 0 aliphatic carbocycles. The van der Waals surface area contributed by atoms with Gasteiger partial charge in [0.25, 0.3) is 0 Å². The van der Waals surface area contributed by atoms with E-state index >= 15 is 0 Å². The van der Waals surface area contributed by atoms with Crippen LogP contribution in [0, 0.1) is 18.7 Å². The number of hydrogen-bond acceptors (Lipinski definition) is 4. The second-order valence-electron chi connectivity index (χ2n) is 8.72. The van der Waals surface area contributed by atoms with Crippen molar-refractivity contribution in [3.63, 3.8) is 0 Å². The molecule has 182 valence electrons. The monoisotopic (exact) mass is 551 g/mol. The molecule has 7 nitrogen and oxygen atoms in total. The summed E-state index contributed by atoms with van der Waals surface area (Å²) in [4.78, 5) is 26.9. The van der Waals surface area contributed by atoms with Crippen molar-refractivity contribution in [3.8, 4) is 0 Å². The third-order valence-electron chi connectivity index (χ3n) is 6.44. The standard InChI is InChI=1S/C24H27BrFN3O4S/c1-3-23(30)29-10-8-16-11-19(25)22(13-21(16)29)34(32,33)28-9-4-5-17(14-28)24(31)27-18-7-6-15(2)20(26)12-18/h6-7,11-13,17H,3-5,8-10,14H2,1-2H3,(H,27,31). The molecule has 2 aliphatic rings. The number of fused-ring (bicyclic) bond motifs is 1. The number of nitrogens with one attached hydrogen (secondary N) is 1. The lowest BCUT2D eigenvalue weighted by atomic mass is 9.98. The second kappa shape index (κ2) is 9.75. The van der Waals surface area contributed by atoms with Crippen molar-refractivity contribution in [3.05, 3.63) is 51.7 Å². The first kappa shape index (κ1) is 24.8. The van der Waals surface area contributed by atoms with Gasteiger partial charge in [0.15, 0.2) is 0 Å². The number of rotatable bonds is 5. The average Bonchev–Trinajstić information content (AvgIpc) is 3.23. The molecule has 34 heavy (non-hydrogen) atoms. The fraction of sp³-hybridized carbons (Fsp3) is 0.417. The van der Waals surface area contributed by atoms with Gasteiger partial charge in [-0.1, -0.05) is 13.0 Å². The highest BCUT2D eigenvalue weighted by Crippen LogP contribution is 2.37. The van der Waals surface area contributed by atoms with Crippen LogP contribution in [0.1, 0.15) is 37.3 Å². The van der Waals surface area contributed by atoms with Gasteiger partial charge in [-0.2, -0.15) is 4.31 Å². The van der Waals surface area contributed by atoms with Crippen LogP contribution in [-0.4, -0.2) is 44.2 Å². The van der Waals surface area contributed by atoms with Crippen molar-refractivity contribution in [1.29, 1.82) is 0 Å². The number of carbonyl (C=O) groups is 2. The number of carbonyl (C=O) groups excluding carboxylic acids is 2. The zero-order valence-corrected chi connectivity index (χ0v) is 21.5. The minimum atomic E-state index is -3.91. The zero-order valence-electron chi connectivity index (χ0n) is 19.1. The molecule has 0 spiro atoms. The summed E-state index contributed by atoms with van der Waals surface area (Å²) in [7, 11) is -3.91. The van der Waals surface area contributed by atoms with Crippen molar-refractivity contribution < 1.29 is 22.4 Å². The van der Waals surface area contributed by atoms with Crippen LogP contribution in [0.4, 0.5) is 15.8 Å². The van der Waals surface area contributed by atoms with Gasteiger partial charge < -0.3 is 10.2 Å². The third kappa shape index (κ3) is 4.76. The van der Waals surface area contributed by atoms with E-state index in [1.165, 1.54) is 10.4 Å². The minimum Gasteiger partial charge on any atom is -0.326 e. The molecule has 1 unspecified atom stereocenters. The lowest BCUT2D eigenvalue weighted by Gasteiger charge is -2.31. The number of piperidine rings is 1. The molecule has 0 bridgehead atoms. The van der Waals surface area contributed by atoms with Crippen molar-refractivity contribution in [2.45, 2.75) is 44.4 Å². The number of nitrogens with zero attached hydrogens (tertiary/aromatic N) is 2. The molecule has 2 aromatic rings. The van der Waals surface area contributed by atoms with E-state index in [0.29, 0.717) is 60.2 Å². The van der Waals surface area contributed by atoms with E-state index in [9.17, 15) is 22.4 Å². The van der Waals surface area contributed by atoms with Gasteiger partial charge in [-0.05, 0) is 77.5 Å². The fourth-order valence-corrected chi connectivity index (χ4v) is 7.06. The summed E-state index contributed by atoms with van der Waals surface area (Å²) in [6, 6.07) is 7.80. The number of sulfonamides is 1. The van der Waals surface area contributed by atoms with Crippen LogP contribution in [-0.2, 0) is 26.0 Å². The van der Waals surface area contributed by atoms with Crippen LogP contribution in [0.15, 0.2) is 39.7 Å². The molecular formula is C24H27BrFN3O4S. The maximum absolute atomic E-state index is 13.8. The minimum absolute atomic E-state index is 0.0314. The molecular weight excluding hydrogens is 525 g/mol. The largest absolute Gasteiger partial charge is 0.326 e. The molecule has 0 radical (unpaired) electrons. The van der Waals surface area contributed by atoms with E-state index in [1.54, 1.807) is 43.0 Å². The first-order chi connectivity index (χ1) is 16.1. The topological polar surface area (TPSA) is 86.8 Å². The Labute approximate surface area is 207 Å². The number of hydrogen-bond donors (Lipinski definition) is 1. The third-order valence-corrected chi connectivity index (χ3v) is 9.27. The van der Waals surface area contributed by atoms with Gasteiger partial charge in [0.05, 0.1) is 10.8 Å². The molecule has 4 rings (SSSR count). The van der Waals surface area contributed by atoms with Crippen molar-refractivity contribution in [1.82, 2.24) is 4.31 Å². The van der Waals surface area contributed by atoms with E-state index in [1.807, 2.05) is 0 Å². The summed E-state index contributed by atoms with van der Waals surface area (Å²) in [6.45, 7) is 4.28. The second-order valence-corrected chi connectivity index (χ2v) is 11.5.